The highest BCUT2D eigenvalue weighted by atomic mass is 32.2. The second kappa shape index (κ2) is 6.80. The predicted octanol–water partition coefficient (Wildman–Crippen LogP) is 2.70. The molecule has 1 unspecified atom stereocenters. The molecule has 1 atom stereocenters. The number of hydrogen-bond donors (Lipinski definition) is 1. The van der Waals surface area contributed by atoms with Crippen molar-refractivity contribution in [3.8, 4) is 5.88 Å². The molecule has 19 heavy (non-hydrogen) atoms. The largest absolute Gasteiger partial charge is 0.481 e. The first-order chi connectivity index (χ1) is 9.17. The summed E-state index contributed by atoms with van der Waals surface area (Å²) >= 11 is 1.81. The van der Waals surface area contributed by atoms with E-state index in [1.54, 1.807) is 7.11 Å². The minimum atomic E-state index is 0.567. The van der Waals surface area contributed by atoms with Gasteiger partial charge in [0.2, 0.25) is 5.88 Å². The van der Waals surface area contributed by atoms with Gasteiger partial charge in [-0.25, -0.2) is 4.98 Å². The number of amidine groups is 1. The van der Waals surface area contributed by atoms with Crippen LogP contribution < -0.4 is 10.1 Å². The minimum Gasteiger partial charge on any atom is -0.481 e. The van der Waals surface area contributed by atoms with Crippen LogP contribution in [0.5, 0.6) is 5.88 Å². The Morgan fingerprint density at radius 3 is 3.00 bits per heavy atom. The molecule has 1 aromatic heterocycles. The summed E-state index contributed by atoms with van der Waals surface area (Å²) in [6, 6.07) is 4.44. The number of thioether (sulfide) groups is 1. The Labute approximate surface area is 119 Å². The molecule has 1 aliphatic rings. The molecule has 5 heteroatoms. The maximum Gasteiger partial charge on any atom is 0.212 e. The summed E-state index contributed by atoms with van der Waals surface area (Å²) < 4.78 is 5.03. The van der Waals surface area contributed by atoms with Gasteiger partial charge in [-0.2, -0.15) is 0 Å². The van der Waals surface area contributed by atoms with Crippen LogP contribution in [0.2, 0.25) is 0 Å². The van der Waals surface area contributed by atoms with Crippen molar-refractivity contribution in [1.82, 2.24) is 10.3 Å². The summed E-state index contributed by atoms with van der Waals surface area (Å²) in [5.41, 5.74) is 1.10. The van der Waals surface area contributed by atoms with Gasteiger partial charge in [0.15, 0.2) is 5.17 Å². The topological polar surface area (TPSA) is 46.5 Å². The molecule has 0 aliphatic carbocycles. The molecule has 1 aromatic rings. The average Bonchev–Trinajstić information content (AvgIpc) is 2.84. The molecule has 0 amide bonds. The van der Waals surface area contributed by atoms with E-state index in [2.05, 4.69) is 29.1 Å². The molecule has 4 nitrogen and oxygen atoms in total. The van der Waals surface area contributed by atoms with Crippen LogP contribution in [-0.2, 0) is 6.54 Å². The lowest BCUT2D eigenvalue weighted by Gasteiger charge is -2.11. The first kappa shape index (κ1) is 14.2. The van der Waals surface area contributed by atoms with Crippen molar-refractivity contribution in [2.45, 2.75) is 32.9 Å². The van der Waals surface area contributed by atoms with E-state index < -0.39 is 0 Å². The Balaban J connectivity index is 1.85. The van der Waals surface area contributed by atoms with Gasteiger partial charge < -0.3 is 10.1 Å². The van der Waals surface area contributed by atoms with Crippen molar-refractivity contribution in [1.29, 1.82) is 0 Å². The average molecular weight is 279 g/mol. The molecule has 0 radical (unpaired) electrons. The Bertz CT molecular complexity index is 431. The molecule has 1 fully saturated rings. The van der Waals surface area contributed by atoms with Crippen molar-refractivity contribution in [3.05, 3.63) is 23.9 Å². The third-order valence-electron chi connectivity index (χ3n) is 2.92. The second-order valence-electron chi connectivity index (χ2n) is 5.11. The SMILES string of the molecule is COc1ccc(CN=C2NC(CC(C)C)CS2)cn1. The van der Waals surface area contributed by atoms with Crippen molar-refractivity contribution in [2.24, 2.45) is 10.9 Å². The van der Waals surface area contributed by atoms with Gasteiger partial charge in [-0.05, 0) is 17.9 Å². The molecule has 0 bridgehead atoms. The van der Waals surface area contributed by atoms with Gasteiger partial charge in [-0.1, -0.05) is 31.7 Å². The van der Waals surface area contributed by atoms with Gasteiger partial charge in [0.05, 0.1) is 13.7 Å². The van der Waals surface area contributed by atoms with Crippen LogP contribution >= 0.6 is 11.8 Å². The summed E-state index contributed by atoms with van der Waals surface area (Å²) in [5.74, 6) is 2.49. The smallest absolute Gasteiger partial charge is 0.212 e. The van der Waals surface area contributed by atoms with Crippen LogP contribution in [0.25, 0.3) is 0 Å². The van der Waals surface area contributed by atoms with Gasteiger partial charge in [-0.15, -0.1) is 0 Å². The Morgan fingerprint density at radius 2 is 2.37 bits per heavy atom. The number of aromatic nitrogens is 1. The molecule has 2 heterocycles. The summed E-state index contributed by atoms with van der Waals surface area (Å²) in [6.45, 7) is 5.18. The highest BCUT2D eigenvalue weighted by Gasteiger charge is 2.20. The molecule has 1 aliphatic heterocycles. The van der Waals surface area contributed by atoms with Crippen molar-refractivity contribution in [2.75, 3.05) is 12.9 Å². The second-order valence-corrected chi connectivity index (χ2v) is 6.12. The van der Waals surface area contributed by atoms with Crippen LogP contribution in [-0.4, -0.2) is 29.1 Å². The van der Waals surface area contributed by atoms with Crippen molar-refractivity contribution >= 4 is 16.9 Å². The molecule has 0 saturated carbocycles. The first-order valence-electron chi connectivity index (χ1n) is 6.60. The van der Waals surface area contributed by atoms with Crippen molar-refractivity contribution in [3.63, 3.8) is 0 Å². The maximum absolute atomic E-state index is 5.03. The van der Waals surface area contributed by atoms with E-state index in [1.807, 2.05) is 30.1 Å². The van der Waals surface area contributed by atoms with Gasteiger partial charge in [-0.3, -0.25) is 4.99 Å². The number of ether oxygens (including phenoxy) is 1. The van der Waals surface area contributed by atoms with Gasteiger partial charge >= 0.3 is 0 Å². The van der Waals surface area contributed by atoms with E-state index in [1.165, 1.54) is 6.42 Å². The zero-order chi connectivity index (χ0) is 13.7. The van der Waals surface area contributed by atoms with Crippen LogP contribution in [0.3, 0.4) is 0 Å². The molecule has 104 valence electrons. The molecule has 1 N–H and O–H groups in total. The van der Waals surface area contributed by atoms with E-state index in [0.717, 1.165) is 22.4 Å². The summed E-state index contributed by atoms with van der Waals surface area (Å²) in [6.07, 6.45) is 3.02. The number of aliphatic imine (C=N–C) groups is 1. The van der Waals surface area contributed by atoms with E-state index in [4.69, 9.17) is 4.74 Å². The Morgan fingerprint density at radius 1 is 1.53 bits per heavy atom. The number of hydrogen-bond acceptors (Lipinski definition) is 4. The monoisotopic (exact) mass is 279 g/mol. The van der Waals surface area contributed by atoms with Crippen LogP contribution in [0.1, 0.15) is 25.8 Å². The highest BCUT2D eigenvalue weighted by Crippen LogP contribution is 2.19. The third kappa shape index (κ3) is 4.42. The lowest BCUT2D eigenvalue weighted by molar-refractivity contribution is 0.397. The standard InChI is InChI=1S/C14H21N3OS/c1-10(2)6-12-9-19-14(17-12)16-8-11-4-5-13(18-3)15-7-11/h4-5,7,10,12H,6,8-9H2,1-3H3,(H,16,17). The molecule has 2 rings (SSSR count). The lowest BCUT2D eigenvalue weighted by atomic mass is 10.1. The van der Waals surface area contributed by atoms with Gasteiger partial charge in [0.1, 0.15) is 0 Å². The molecule has 0 aromatic carbocycles. The zero-order valence-corrected chi connectivity index (χ0v) is 12.5. The fraction of sp³-hybridized carbons (Fsp3) is 0.571. The Hall–Kier alpha value is -1.23. The zero-order valence-electron chi connectivity index (χ0n) is 11.7. The van der Waals surface area contributed by atoms with Crippen molar-refractivity contribution < 1.29 is 4.74 Å². The molecule has 1 saturated heterocycles. The molecular formula is C14H21N3OS. The normalized spacial score (nSPS) is 20.8. The van der Waals surface area contributed by atoms with E-state index in [-0.39, 0.29) is 0 Å². The fourth-order valence-corrected chi connectivity index (χ4v) is 3.00. The lowest BCUT2D eigenvalue weighted by Crippen LogP contribution is -2.28. The number of methoxy groups -OCH3 is 1. The van der Waals surface area contributed by atoms with Gasteiger partial charge in [0.25, 0.3) is 0 Å². The fourth-order valence-electron chi connectivity index (χ4n) is 2.01. The van der Waals surface area contributed by atoms with E-state index in [0.29, 0.717) is 18.5 Å². The third-order valence-corrected chi connectivity index (χ3v) is 4.01. The summed E-state index contributed by atoms with van der Waals surface area (Å²) in [4.78, 5) is 8.77. The van der Waals surface area contributed by atoms with Crippen LogP contribution in [0.4, 0.5) is 0 Å². The van der Waals surface area contributed by atoms with Crippen LogP contribution in [0, 0.1) is 5.92 Å². The minimum absolute atomic E-state index is 0.567. The summed E-state index contributed by atoms with van der Waals surface area (Å²) in [5, 5.41) is 4.54. The Kier molecular flexibility index (Phi) is 5.07. The van der Waals surface area contributed by atoms with E-state index >= 15 is 0 Å². The first-order valence-corrected chi connectivity index (χ1v) is 7.58. The number of nitrogens with one attached hydrogen (secondary N) is 1. The summed E-state index contributed by atoms with van der Waals surface area (Å²) in [7, 11) is 1.62. The van der Waals surface area contributed by atoms with E-state index in [9.17, 15) is 0 Å². The quantitative estimate of drug-likeness (QED) is 0.900. The maximum atomic E-state index is 5.03. The number of rotatable bonds is 5. The number of pyridine rings is 1. The number of nitrogens with zero attached hydrogens (tertiary/aromatic N) is 2. The van der Waals surface area contributed by atoms with Crippen LogP contribution in [0.15, 0.2) is 23.3 Å². The van der Waals surface area contributed by atoms with Gasteiger partial charge in [0, 0.05) is 24.1 Å². The molecular weight excluding hydrogens is 258 g/mol. The molecule has 0 spiro atoms. The highest BCUT2D eigenvalue weighted by molar-refractivity contribution is 8.14. The predicted molar refractivity (Wildman–Crippen MR) is 80.8 cm³/mol.